The van der Waals surface area contributed by atoms with Crippen molar-refractivity contribution in [1.29, 1.82) is 0 Å². The first-order valence-electron chi connectivity index (χ1n) is 7.87. The van der Waals surface area contributed by atoms with E-state index in [1.807, 2.05) is 0 Å². The van der Waals surface area contributed by atoms with Gasteiger partial charge >= 0.3 is 0 Å². The molecule has 1 N–H and O–H groups in total. The standard InChI is InChI=1S/C21H20BrN/c1-16(20-10-4-8-18-7-2-3-9-21(18)20)23-15-5-6-17-11-13-19(22)14-12-17/h2-14,16,23H,15H2,1H3/b6-5+/t16-/m1/s1. The molecular formula is C21H20BrN. The maximum atomic E-state index is 3.58. The van der Waals surface area contributed by atoms with Gasteiger partial charge in [0.05, 0.1) is 0 Å². The Bertz CT molecular complexity index is 800. The molecule has 0 aliphatic rings. The van der Waals surface area contributed by atoms with Gasteiger partial charge in [0.2, 0.25) is 0 Å². The fourth-order valence-corrected chi connectivity index (χ4v) is 3.02. The summed E-state index contributed by atoms with van der Waals surface area (Å²) in [5, 5.41) is 6.20. The highest BCUT2D eigenvalue weighted by Gasteiger charge is 2.07. The van der Waals surface area contributed by atoms with Crippen molar-refractivity contribution in [2.45, 2.75) is 13.0 Å². The molecule has 3 rings (SSSR count). The maximum Gasteiger partial charge on any atom is 0.0300 e. The fraction of sp³-hybridized carbons (Fsp3) is 0.143. The van der Waals surface area contributed by atoms with Gasteiger partial charge in [-0.15, -0.1) is 0 Å². The molecule has 0 heterocycles. The van der Waals surface area contributed by atoms with Crippen LogP contribution < -0.4 is 5.32 Å². The molecule has 23 heavy (non-hydrogen) atoms. The van der Waals surface area contributed by atoms with E-state index < -0.39 is 0 Å². The van der Waals surface area contributed by atoms with Gasteiger partial charge in [-0.2, -0.15) is 0 Å². The minimum atomic E-state index is 0.315. The lowest BCUT2D eigenvalue weighted by molar-refractivity contribution is 0.622. The molecule has 3 aromatic rings. The third-order valence-corrected chi connectivity index (χ3v) is 4.54. The van der Waals surface area contributed by atoms with Crippen molar-refractivity contribution in [2.24, 2.45) is 0 Å². The third-order valence-electron chi connectivity index (χ3n) is 4.01. The summed E-state index contributed by atoms with van der Waals surface area (Å²) in [4.78, 5) is 0. The van der Waals surface area contributed by atoms with Crippen LogP contribution in [0, 0.1) is 0 Å². The van der Waals surface area contributed by atoms with Crippen LogP contribution in [0.15, 0.2) is 77.3 Å². The largest absolute Gasteiger partial charge is 0.307 e. The zero-order valence-corrected chi connectivity index (χ0v) is 14.8. The van der Waals surface area contributed by atoms with Gasteiger partial charge in [0, 0.05) is 17.1 Å². The normalized spacial score (nSPS) is 12.8. The molecule has 2 heteroatoms. The molecule has 0 fully saturated rings. The number of fused-ring (bicyclic) bond motifs is 1. The van der Waals surface area contributed by atoms with Crippen LogP contribution in [0.25, 0.3) is 16.8 Å². The summed E-state index contributed by atoms with van der Waals surface area (Å²) in [6.45, 7) is 3.07. The highest BCUT2D eigenvalue weighted by Crippen LogP contribution is 2.23. The molecular weight excluding hydrogens is 346 g/mol. The van der Waals surface area contributed by atoms with Gasteiger partial charge < -0.3 is 5.32 Å². The molecule has 3 aromatic carbocycles. The van der Waals surface area contributed by atoms with E-state index in [9.17, 15) is 0 Å². The molecule has 1 nitrogen and oxygen atoms in total. The molecule has 0 radical (unpaired) electrons. The average molecular weight is 366 g/mol. The Morgan fingerprint density at radius 3 is 2.52 bits per heavy atom. The molecule has 0 bridgehead atoms. The molecule has 0 unspecified atom stereocenters. The van der Waals surface area contributed by atoms with Gasteiger partial charge in [-0.25, -0.2) is 0 Å². The second-order valence-electron chi connectivity index (χ2n) is 5.65. The van der Waals surface area contributed by atoms with Crippen LogP contribution in [-0.2, 0) is 0 Å². The van der Waals surface area contributed by atoms with Crippen molar-refractivity contribution in [3.8, 4) is 0 Å². The summed E-state index contributed by atoms with van der Waals surface area (Å²) in [6, 6.07) is 23.7. The fourth-order valence-electron chi connectivity index (χ4n) is 2.75. The van der Waals surface area contributed by atoms with Crippen molar-refractivity contribution in [3.63, 3.8) is 0 Å². The number of hydrogen-bond donors (Lipinski definition) is 1. The van der Waals surface area contributed by atoms with E-state index in [1.54, 1.807) is 0 Å². The Labute approximate surface area is 146 Å². The Balaban J connectivity index is 1.64. The molecule has 0 aliphatic carbocycles. The topological polar surface area (TPSA) is 12.0 Å². The minimum absolute atomic E-state index is 0.315. The Morgan fingerprint density at radius 2 is 1.70 bits per heavy atom. The van der Waals surface area contributed by atoms with Gasteiger partial charge in [-0.05, 0) is 41.0 Å². The Morgan fingerprint density at radius 1 is 0.957 bits per heavy atom. The summed E-state index contributed by atoms with van der Waals surface area (Å²) >= 11 is 3.46. The van der Waals surface area contributed by atoms with E-state index in [4.69, 9.17) is 0 Å². The van der Waals surface area contributed by atoms with Gasteiger partial charge in [-0.3, -0.25) is 0 Å². The first-order valence-corrected chi connectivity index (χ1v) is 8.66. The molecule has 0 aromatic heterocycles. The van der Waals surface area contributed by atoms with Crippen molar-refractivity contribution in [3.05, 3.63) is 88.4 Å². The summed E-state index contributed by atoms with van der Waals surface area (Å²) < 4.78 is 1.11. The molecule has 0 saturated heterocycles. The Hall–Kier alpha value is -1.90. The number of nitrogens with one attached hydrogen (secondary N) is 1. The SMILES string of the molecule is C[C@@H](NC/C=C/c1ccc(Br)cc1)c1cccc2ccccc12. The first kappa shape index (κ1) is 16.0. The lowest BCUT2D eigenvalue weighted by Crippen LogP contribution is -2.18. The van der Waals surface area contributed by atoms with E-state index >= 15 is 0 Å². The van der Waals surface area contributed by atoms with Crippen molar-refractivity contribution in [1.82, 2.24) is 5.32 Å². The minimum Gasteiger partial charge on any atom is -0.307 e. The van der Waals surface area contributed by atoms with E-state index in [1.165, 1.54) is 21.9 Å². The van der Waals surface area contributed by atoms with E-state index in [0.29, 0.717) is 6.04 Å². The monoisotopic (exact) mass is 365 g/mol. The van der Waals surface area contributed by atoms with E-state index in [-0.39, 0.29) is 0 Å². The molecule has 1 atom stereocenters. The predicted octanol–water partition coefficient (Wildman–Crippen LogP) is 5.97. The quantitative estimate of drug-likeness (QED) is 0.587. The van der Waals surface area contributed by atoms with Gasteiger partial charge in [0.15, 0.2) is 0 Å². The number of benzene rings is 3. The molecule has 0 spiro atoms. The summed E-state index contributed by atoms with van der Waals surface area (Å²) in [5.74, 6) is 0. The van der Waals surface area contributed by atoms with E-state index in [2.05, 4.69) is 107 Å². The highest BCUT2D eigenvalue weighted by atomic mass is 79.9. The molecule has 0 amide bonds. The van der Waals surface area contributed by atoms with Crippen LogP contribution in [0.3, 0.4) is 0 Å². The average Bonchev–Trinajstić information content (AvgIpc) is 2.59. The Kier molecular flexibility index (Phi) is 5.27. The van der Waals surface area contributed by atoms with Crippen molar-refractivity contribution in [2.75, 3.05) is 6.54 Å². The summed E-state index contributed by atoms with van der Waals surface area (Å²) in [5.41, 5.74) is 2.56. The predicted molar refractivity (Wildman–Crippen MR) is 104 cm³/mol. The lowest BCUT2D eigenvalue weighted by atomic mass is 10.00. The number of halogens is 1. The summed E-state index contributed by atoms with van der Waals surface area (Å²) in [7, 11) is 0. The van der Waals surface area contributed by atoms with Gasteiger partial charge in [-0.1, -0.05) is 82.7 Å². The zero-order valence-electron chi connectivity index (χ0n) is 13.2. The first-order chi connectivity index (χ1) is 11.2. The maximum absolute atomic E-state index is 3.58. The second-order valence-corrected chi connectivity index (χ2v) is 6.57. The molecule has 0 saturated carbocycles. The number of hydrogen-bond acceptors (Lipinski definition) is 1. The third kappa shape index (κ3) is 4.10. The molecule has 0 aliphatic heterocycles. The van der Waals surface area contributed by atoms with Gasteiger partial charge in [0.25, 0.3) is 0 Å². The number of rotatable bonds is 5. The van der Waals surface area contributed by atoms with Crippen LogP contribution in [0.5, 0.6) is 0 Å². The van der Waals surface area contributed by atoms with Crippen LogP contribution in [0.4, 0.5) is 0 Å². The van der Waals surface area contributed by atoms with Crippen LogP contribution in [0.2, 0.25) is 0 Å². The lowest BCUT2D eigenvalue weighted by Gasteiger charge is -2.15. The summed E-state index contributed by atoms with van der Waals surface area (Å²) in [6.07, 6.45) is 4.32. The van der Waals surface area contributed by atoms with Crippen LogP contribution >= 0.6 is 15.9 Å². The van der Waals surface area contributed by atoms with E-state index in [0.717, 1.165) is 11.0 Å². The van der Waals surface area contributed by atoms with Crippen LogP contribution in [0.1, 0.15) is 24.1 Å². The van der Waals surface area contributed by atoms with Crippen LogP contribution in [-0.4, -0.2) is 6.54 Å². The zero-order chi connectivity index (χ0) is 16.1. The van der Waals surface area contributed by atoms with Gasteiger partial charge in [0.1, 0.15) is 0 Å². The second kappa shape index (κ2) is 7.58. The van der Waals surface area contributed by atoms with Crippen molar-refractivity contribution >= 4 is 32.8 Å². The van der Waals surface area contributed by atoms with Crippen molar-refractivity contribution < 1.29 is 0 Å². The highest BCUT2D eigenvalue weighted by molar-refractivity contribution is 9.10. The molecule has 116 valence electrons. The smallest absolute Gasteiger partial charge is 0.0300 e.